The molecule has 1 aliphatic rings. The van der Waals surface area contributed by atoms with Gasteiger partial charge in [-0.3, -0.25) is 4.79 Å². The zero-order chi connectivity index (χ0) is 15.7. The molecule has 0 aromatic rings. The summed E-state index contributed by atoms with van der Waals surface area (Å²) in [5.41, 5.74) is -0.540. The quantitative estimate of drug-likeness (QED) is 0.525. The molecule has 0 spiro atoms. The van der Waals surface area contributed by atoms with Crippen LogP contribution < -0.4 is 5.32 Å². The van der Waals surface area contributed by atoms with Gasteiger partial charge in [0.25, 0.3) is 0 Å². The molecule has 0 amide bonds. The Labute approximate surface area is 130 Å². The molecule has 0 bridgehead atoms. The summed E-state index contributed by atoms with van der Waals surface area (Å²) in [5, 5.41) is 3.13. The molecule has 1 aliphatic heterocycles. The highest BCUT2D eigenvalue weighted by molar-refractivity contribution is 5.80. The SMILES string of the molecule is CCOC(=O)C(C)(CCCCN1CCCCC1CC)NC. The fraction of sp³-hybridized carbons (Fsp3) is 0.941. The van der Waals surface area contributed by atoms with Crippen molar-refractivity contribution in [3.63, 3.8) is 0 Å². The van der Waals surface area contributed by atoms with E-state index in [1.165, 1.54) is 38.8 Å². The number of hydrogen-bond donors (Lipinski definition) is 1. The Morgan fingerprint density at radius 2 is 2.10 bits per heavy atom. The number of esters is 1. The van der Waals surface area contributed by atoms with Gasteiger partial charge in [-0.2, -0.15) is 0 Å². The van der Waals surface area contributed by atoms with Crippen molar-refractivity contribution in [3.05, 3.63) is 0 Å². The molecular formula is C17H34N2O2. The summed E-state index contributed by atoms with van der Waals surface area (Å²) in [5.74, 6) is -0.128. The van der Waals surface area contributed by atoms with E-state index in [0.29, 0.717) is 6.61 Å². The van der Waals surface area contributed by atoms with Gasteiger partial charge in [-0.15, -0.1) is 0 Å². The lowest BCUT2D eigenvalue weighted by Crippen LogP contribution is -2.48. The molecule has 1 saturated heterocycles. The van der Waals surface area contributed by atoms with Gasteiger partial charge < -0.3 is 15.0 Å². The van der Waals surface area contributed by atoms with Crippen LogP contribution in [0.25, 0.3) is 0 Å². The summed E-state index contributed by atoms with van der Waals surface area (Å²) in [6, 6.07) is 0.777. The first-order valence-corrected chi connectivity index (χ1v) is 8.67. The number of carbonyl (C=O) groups excluding carboxylic acids is 1. The molecule has 4 heteroatoms. The van der Waals surface area contributed by atoms with E-state index in [9.17, 15) is 4.79 Å². The van der Waals surface area contributed by atoms with Gasteiger partial charge in [-0.05, 0) is 72.5 Å². The molecule has 1 fully saturated rings. The normalized spacial score (nSPS) is 22.8. The van der Waals surface area contributed by atoms with Crippen molar-refractivity contribution in [2.75, 3.05) is 26.7 Å². The molecule has 124 valence electrons. The van der Waals surface area contributed by atoms with Gasteiger partial charge in [0.05, 0.1) is 6.61 Å². The van der Waals surface area contributed by atoms with Crippen LogP contribution in [0.5, 0.6) is 0 Å². The van der Waals surface area contributed by atoms with E-state index in [4.69, 9.17) is 4.74 Å². The Hall–Kier alpha value is -0.610. The number of rotatable bonds is 9. The Balaban J connectivity index is 2.32. The maximum absolute atomic E-state index is 12.0. The number of hydrogen-bond acceptors (Lipinski definition) is 4. The third-order valence-electron chi connectivity index (χ3n) is 4.87. The minimum atomic E-state index is -0.540. The van der Waals surface area contributed by atoms with E-state index in [0.717, 1.165) is 25.3 Å². The first-order chi connectivity index (χ1) is 10.1. The predicted molar refractivity (Wildman–Crippen MR) is 87.5 cm³/mol. The predicted octanol–water partition coefficient (Wildman–Crippen LogP) is 2.96. The molecular weight excluding hydrogens is 264 g/mol. The van der Waals surface area contributed by atoms with Gasteiger partial charge in [0.15, 0.2) is 0 Å². The average molecular weight is 298 g/mol. The van der Waals surface area contributed by atoms with Crippen LogP contribution in [0, 0.1) is 0 Å². The van der Waals surface area contributed by atoms with Crippen LogP contribution in [-0.4, -0.2) is 49.2 Å². The summed E-state index contributed by atoms with van der Waals surface area (Å²) in [4.78, 5) is 14.6. The van der Waals surface area contributed by atoms with Crippen LogP contribution >= 0.6 is 0 Å². The molecule has 1 heterocycles. The molecule has 0 aromatic heterocycles. The summed E-state index contributed by atoms with van der Waals surface area (Å²) < 4.78 is 5.17. The molecule has 0 saturated carbocycles. The fourth-order valence-electron chi connectivity index (χ4n) is 3.23. The second kappa shape index (κ2) is 9.42. The third-order valence-corrected chi connectivity index (χ3v) is 4.87. The summed E-state index contributed by atoms with van der Waals surface area (Å²) in [7, 11) is 1.84. The molecule has 21 heavy (non-hydrogen) atoms. The van der Waals surface area contributed by atoms with E-state index in [2.05, 4.69) is 17.1 Å². The second-order valence-electron chi connectivity index (χ2n) is 6.35. The van der Waals surface area contributed by atoms with Crippen LogP contribution in [0.2, 0.25) is 0 Å². The molecule has 0 aromatic carbocycles. The van der Waals surface area contributed by atoms with Crippen molar-refractivity contribution in [2.45, 2.75) is 77.3 Å². The van der Waals surface area contributed by atoms with Crippen LogP contribution in [0.15, 0.2) is 0 Å². The van der Waals surface area contributed by atoms with Crippen LogP contribution in [0.3, 0.4) is 0 Å². The molecule has 0 aliphatic carbocycles. The van der Waals surface area contributed by atoms with Crippen molar-refractivity contribution in [3.8, 4) is 0 Å². The van der Waals surface area contributed by atoms with E-state index in [-0.39, 0.29) is 5.97 Å². The zero-order valence-corrected chi connectivity index (χ0v) is 14.4. The highest BCUT2D eigenvalue weighted by Crippen LogP contribution is 2.21. The molecule has 4 nitrogen and oxygen atoms in total. The zero-order valence-electron chi connectivity index (χ0n) is 14.4. The number of ether oxygens (including phenoxy) is 1. The number of carbonyl (C=O) groups is 1. The Morgan fingerprint density at radius 1 is 1.33 bits per heavy atom. The molecule has 2 unspecified atom stereocenters. The summed E-state index contributed by atoms with van der Waals surface area (Å²) in [6.07, 6.45) is 8.40. The monoisotopic (exact) mass is 298 g/mol. The minimum Gasteiger partial charge on any atom is -0.465 e. The lowest BCUT2D eigenvalue weighted by Gasteiger charge is -2.35. The van der Waals surface area contributed by atoms with E-state index >= 15 is 0 Å². The maximum atomic E-state index is 12.0. The molecule has 1 rings (SSSR count). The number of likely N-dealkylation sites (N-methyl/N-ethyl adjacent to an activating group) is 1. The number of nitrogens with zero attached hydrogens (tertiary/aromatic N) is 1. The Morgan fingerprint density at radius 3 is 2.71 bits per heavy atom. The van der Waals surface area contributed by atoms with Crippen molar-refractivity contribution in [2.24, 2.45) is 0 Å². The fourth-order valence-corrected chi connectivity index (χ4v) is 3.23. The first-order valence-electron chi connectivity index (χ1n) is 8.67. The smallest absolute Gasteiger partial charge is 0.326 e. The maximum Gasteiger partial charge on any atom is 0.326 e. The van der Waals surface area contributed by atoms with E-state index in [1.54, 1.807) is 0 Å². The van der Waals surface area contributed by atoms with Gasteiger partial charge in [0.1, 0.15) is 5.54 Å². The second-order valence-corrected chi connectivity index (χ2v) is 6.35. The largest absolute Gasteiger partial charge is 0.465 e. The number of unbranched alkanes of at least 4 members (excludes halogenated alkanes) is 1. The van der Waals surface area contributed by atoms with Gasteiger partial charge in [0.2, 0.25) is 0 Å². The van der Waals surface area contributed by atoms with Crippen molar-refractivity contribution >= 4 is 5.97 Å². The molecule has 0 radical (unpaired) electrons. The number of nitrogens with one attached hydrogen (secondary N) is 1. The van der Waals surface area contributed by atoms with Gasteiger partial charge >= 0.3 is 5.97 Å². The minimum absolute atomic E-state index is 0.128. The third kappa shape index (κ3) is 5.59. The van der Waals surface area contributed by atoms with Gasteiger partial charge in [-0.1, -0.05) is 13.3 Å². The molecule has 2 atom stereocenters. The Bertz CT molecular complexity index is 309. The Kier molecular flexibility index (Phi) is 8.27. The highest BCUT2D eigenvalue weighted by atomic mass is 16.5. The summed E-state index contributed by atoms with van der Waals surface area (Å²) in [6.45, 7) is 8.96. The standard InChI is InChI=1S/C17H34N2O2/c1-5-15-11-7-9-13-19(15)14-10-8-12-17(3,18-4)16(20)21-6-2/h15,18H,5-14H2,1-4H3. The van der Waals surface area contributed by atoms with Crippen molar-refractivity contribution < 1.29 is 9.53 Å². The topological polar surface area (TPSA) is 41.6 Å². The van der Waals surface area contributed by atoms with Crippen LogP contribution in [-0.2, 0) is 9.53 Å². The van der Waals surface area contributed by atoms with Gasteiger partial charge in [0, 0.05) is 6.04 Å². The van der Waals surface area contributed by atoms with E-state index < -0.39 is 5.54 Å². The van der Waals surface area contributed by atoms with Crippen molar-refractivity contribution in [1.82, 2.24) is 10.2 Å². The van der Waals surface area contributed by atoms with Crippen LogP contribution in [0.1, 0.15) is 65.7 Å². The van der Waals surface area contributed by atoms with Crippen molar-refractivity contribution in [1.29, 1.82) is 0 Å². The lowest BCUT2D eigenvalue weighted by molar-refractivity contribution is -0.150. The highest BCUT2D eigenvalue weighted by Gasteiger charge is 2.32. The average Bonchev–Trinajstić information content (AvgIpc) is 2.51. The van der Waals surface area contributed by atoms with E-state index in [1.807, 2.05) is 20.9 Å². The number of likely N-dealkylation sites (tertiary alicyclic amines) is 1. The number of piperidine rings is 1. The lowest BCUT2D eigenvalue weighted by atomic mass is 9.94. The van der Waals surface area contributed by atoms with Gasteiger partial charge in [-0.25, -0.2) is 0 Å². The first kappa shape index (κ1) is 18.4. The summed E-state index contributed by atoms with van der Waals surface area (Å²) >= 11 is 0. The molecule has 1 N–H and O–H groups in total. The van der Waals surface area contributed by atoms with Crippen LogP contribution in [0.4, 0.5) is 0 Å².